The van der Waals surface area contributed by atoms with E-state index >= 15 is 0 Å². The van der Waals surface area contributed by atoms with Crippen LogP contribution < -0.4 is 10.7 Å². The highest BCUT2D eigenvalue weighted by atomic mass is 127. The largest absolute Gasteiger partial charge is 0.326 e. The molecule has 5 nitrogen and oxygen atoms in total. The van der Waals surface area contributed by atoms with E-state index in [9.17, 15) is 9.59 Å². The molecule has 0 saturated heterocycles. The molecule has 2 amide bonds. The number of amides is 2. The number of hydrogen-bond donors (Lipinski definition) is 2. The lowest BCUT2D eigenvalue weighted by atomic mass is 10.2. The molecule has 0 heterocycles. The molecule has 2 aromatic rings. The number of halogens is 3. The monoisotopic (exact) mass is 503 g/mol. The molecule has 2 aromatic carbocycles. The van der Waals surface area contributed by atoms with Crippen LogP contribution in [0.2, 0.25) is 10.0 Å². The van der Waals surface area contributed by atoms with Crippen molar-refractivity contribution in [3.63, 3.8) is 0 Å². The van der Waals surface area contributed by atoms with E-state index in [1.54, 1.807) is 18.2 Å². The van der Waals surface area contributed by atoms with Crippen molar-refractivity contribution in [1.29, 1.82) is 0 Å². The molecule has 0 spiro atoms. The molecule has 136 valence electrons. The van der Waals surface area contributed by atoms with Crippen molar-refractivity contribution in [2.24, 2.45) is 5.10 Å². The van der Waals surface area contributed by atoms with Crippen LogP contribution in [0.1, 0.15) is 24.0 Å². The molecule has 0 saturated carbocycles. The molecule has 26 heavy (non-hydrogen) atoms. The summed E-state index contributed by atoms with van der Waals surface area (Å²) in [6.07, 6.45) is 1.44. The molecule has 0 atom stereocenters. The molecule has 8 heteroatoms. The fourth-order valence-corrected chi connectivity index (χ4v) is 3.21. The van der Waals surface area contributed by atoms with Crippen molar-refractivity contribution in [2.75, 3.05) is 5.32 Å². The number of anilines is 1. The molecular formula is C18H16Cl2IN3O2. The Morgan fingerprint density at radius 2 is 1.77 bits per heavy atom. The second-order valence-electron chi connectivity index (χ2n) is 5.44. The Bertz CT molecular complexity index is 836. The van der Waals surface area contributed by atoms with Crippen LogP contribution in [-0.4, -0.2) is 18.0 Å². The van der Waals surface area contributed by atoms with Gasteiger partial charge in [-0.2, -0.15) is 5.10 Å². The maximum absolute atomic E-state index is 12.0. The first-order chi connectivity index (χ1) is 12.4. The Balaban J connectivity index is 1.81. The van der Waals surface area contributed by atoms with Crippen LogP contribution in [0.25, 0.3) is 0 Å². The van der Waals surface area contributed by atoms with Crippen LogP contribution in [0.15, 0.2) is 41.5 Å². The summed E-state index contributed by atoms with van der Waals surface area (Å²) in [6, 6.07) is 10.8. The molecule has 0 radical (unpaired) electrons. The average molecular weight is 504 g/mol. The van der Waals surface area contributed by atoms with Gasteiger partial charge in [0.25, 0.3) is 0 Å². The molecule has 0 aromatic heterocycles. The van der Waals surface area contributed by atoms with Gasteiger partial charge in [0.05, 0.1) is 16.3 Å². The predicted octanol–water partition coefficient (Wildman–Crippen LogP) is 4.78. The maximum Gasteiger partial charge on any atom is 0.240 e. The summed E-state index contributed by atoms with van der Waals surface area (Å²) in [4.78, 5) is 23.8. The van der Waals surface area contributed by atoms with E-state index in [1.165, 1.54) is 6.21 Å². The summed E-state index contributed by atoms with van der Waals surface area (Å²) in [7, 11) is 0. The van der Waals surface area contributed by atoms with Crippen LogP contribution in [0.4, 0.5) is 5.69 Å². The quantitative estimate of drug-likeness (QED) is 0.338. The van der Waals surface area contributed by atoms with E-state index in [1.807, 2.05) is 25.1 Å². The summed E-state index contributed by atoms with van der Waals surface area (Å²) in [6.45, 7) is 1.92. The molecule has 0 bridgehead atoms. The number of carbonyl (C=O) groups excluding carboxylic acids is 2. The topological polar surface area (TPSA) is 70.6 Å². The van der Waals surface area contributed by atoms with Gasteiger partial charge in [-0.1, -0.05) is 29.3 Å². The molecule has 2 rings (SSSR count). The Kier molecular flexibility index (Phi) is 7.86. The summed E-state index contributed by atoms with van der Waals surface area (Å²) >= 11 is 14.2. The van der Waals surface area contributed by atoms with Gasteiger partial charge >= 0.3 is 0 Å². The van der Waals surface area contributed by atoms with Gasteiger partial charge < -0.3 is 5.32 Å². The van der Waals surface area contributed by atoms with E-state index in [0.717, 1.165) is 14.8 Å². The number of nitrogens with one attached hydrogen (secondary N) is 2. The Hall–Kier alpha value is -1.64. The first kappa shape index (κ1) is 20.7. The van der Waals surface area contributed by atoms with Crippen LogP contribution in [-0.2, 0) is 9.59 Å². The zero-order chi connectivity index (χ0) is 19.1. The third-order valence-corrected chi connectivity index (χ3v) is 4.75. The second kappa shape index (κ2) is 9.89. The predicted molar refractivity (Wildman–Crippen MR) is 114 cm³/mol. The smallest absolute Gasteiger partial charge is 0.240 e. The van der Waals surface area contributed by atoms with E-state index in [2.05, 4.69) is 38.4 Å². The van der Waals surface area contributed by atoms with E-state index < -0.39 is 0 Å². The highest BCUT2D eigenvalue weighted by molar-refractivity contribution is 14.1. The maximum atomic E-state index is 12.0. The molecule has 0 fully saturated rings. The fourth-order valence-electron chi connectivity index (χ4n) is 2.07. The van der Waals surface area contributed by atoms with Gasteiger partial charge in [-0.3, -0.25) is 9.59 Å². The molecule has 0 aliphatic heterocycles. The lowest BCUT2D eigenvalue weighted by Crippen LogP contribution is -2.21. The average Bonchev–Trinajstić information content (AvgIpc) is 2.58. The van der Waals surface area contributed by atoms with Crippen molar-refractivity contribution >= 4 is 69.5 Å². The summed E-state index contributed by atoms with van der Waals surface area (Å²) in [5, 5.41) is 7.48. The normalized spacial score (nSPS) is 10.8. The first-order valence-electron chi connectivity index (χ1n) is 7.68. The van der Waals surface area contributed by atoms with E-state index in [0.29, 0.717) is 15.6 Å². The van der Waals surface area contributed by atoms with Crippen molar-refractivity contribution in [2.45, 2.75) is 19.8 Å². The van der Waals surface area contributed by atoms with Crippen molar-refractivity contribution in [1.82, 2.24) is 5.43 Å². The van der Waals surface area contributed by atoms with Crippen LogP contribution >= 0.6 is 45.8 Å². The third kappa shape index (κ3) is 6.26. The van der Waals surface area contributed by atoms with Crippen molar-refractivity contribution in [3.8, 4) is 0 Å². The molecular weight excluding hydrogens is 488 g/mol. The van der Waals surface area contributed by atoms with E-state index in [-0.39, 0.29) is 24.7 Å². The van der Waals surface area contributed by atoms with E-state index in [4.69, 9.17) is 23.2 Å². The van der Waals surface area contributed by atoms with Gasteiger partial charge in [-0.25, -0.2) is 5.43 Å². The lowest BCUT2D eigenvalue weighted by molar-refractivity contribution is -0.124. The van der Waals surface area contributed by atoms with Crippen molar-refractivity contribution in [3.05, 3.63) is 61.1 Å². The zero-order valence-corrected chi connectivity index (χ0v) is 17.5. The molecule has 2 N–H and O–H groups in total. The highest BCUT2D eigenvalue weighted by Gasteiger charge is 2.08. The Morgan fingerprint density at radius 3 is 2.42 bits per heavy atom. The molecule has 0 unspecified atom stereocenters. The van der Waals surface area contributed by atoms with Gasteiger partial charge in [-0.15, -0.1) is 0 Å². The molecule has 0 aliphatic rings. The van der Waals surface area contributed by atoms with Gasteiger partial charge in [0.15, 0.2) is 0 Å². The minimum atomic E-state index is -0.376. The first-order valence-corrected chi connectivity index (χ1v) is 9.52. The SMILES string of the molecule is Cc1cc(I)ccc1NC(=O)CCC(=O)NN=Cc1c(Cl)cccc1Cl. The minimum absolute atomic E-state index is 0.0167. The van der Waals surface area contributed by atoms with Crippen LogP contribution in [0.5, 0.6) is 0 Å². The highest BCUT2D eigenvalue weighted by Crippen LogP contribution is 2.22. The summed E-state index contributed by atoms with van der Waals surface area (Å²) in [5.74, 6) is -0.610. The molecule has 0 aliphatic carbocycles. The standard InChI is InChI=1S/C18H16Cl2IN3O2/c1-11-9-12(21)5-6-16(11)23-17(25)7-8-18(26)24-22-10-13-14(19)3-2-4-15(13)20/h2-6,9-10H,7-8H2,1H3,(H,23,25)(H,24,26). The number of benzene rings is 2. The lowest BCUT2D eigenvalue weighted by Gasteiger charge is -2.08. The minimum Gasteiger partial charge on any atom is -0.326 e. The van der Waals surface area contributed by atoms with Gasteiger partial charge in [0, 0.05) is 27.7 Å². The van der Waals surface area contributed by atoms with Crippen LogP contribution in [0, 0.1) is 10.5 Å². The second-order valence-corrected chi connectivity index (χ2v) is 7.50. The van der Waals surface area contributed by atoms with Gasteiger partial charge in [0.2, 0.25) is 11.8 Å². The van der Waals surface area contributed by atoms with Crippen molar-refractivity contribution < 1.29 is 9.59 Å². The summed E-state index contributed by atoms with van der Waals surface area (Å²) < 4.78 is 1.09. The number of rotatable bonds is 6. The third-order valence-electron chi connectivity index (χ3n) is 3.42. The number of hydrazone groups is 1. The Labute approximate surface area is 175 Å². The summed E-state index contributed by atoms with van der Waals surface area (Å²) in [5.41, 5.74) is 4.58. The zero-order valence-electron chi connectivity index (χ0n) is 13.9. The van der Waals surface area contributed by atoms with Gasteiger partial charge in [0.1, 0.15) is 0 Å². The number of nitrogens with zero attached hydrogens (tertiary/aromatic N) is 1. The number of aryl methyl sites for hydroxylation is 1. The number of carbonyl (C=O) groups is 2. The number of hydrogen-bond acceptors (Lipinski definition) is 3. The Morgan fingerprint density at radius 1 is 1.12 bits per heavy atom. The fraction of sp³-hybridized carbons (Fsp3) is 0.167. The van der Waals surface area contributed by atoms with Gasteiger partial charge in [-0.05, 0) is 65.4 Å². The van der Waals surface area contributed by atoms with Crippen LogP contribution in [0.3, 0.4) is 0 Å².